The van der Waals surface area contributed by atoms with E-state index in [1.807, 2.05) is 25.1 Å². The summed E-state index contributed by atoms with van der Waals surface area (Å²) >= 11 is 5.91. The summed E-state index contributed by atoms with van der Waals surface area (Å²) in [5.41, 5.74) is 1.84. The van der Waals surface area contributed by atoms with Gasteiger partial charge >= 0.3 is 0 Å². The van der Waals surface area contributed by atoms with Crippen molar-refractivity contribution in [2.24, 2.45) is 0 Å². The first-order valence-electron chi connectivity index (χ1n) is 8.57. The number of benzene rings is 2. The lowest BCUT2D eigenvalue weighted by atomic mass is 10.2. The minimum atomic E-state index is -0.487. The number of hydrogen-bond donors (Lipinski definition) is 1. The summed E-state index contributed by atoms with van der Waals surface area (Å²) in [6.07, 6.45) is 4.75. The van der Waals surface area contributed by atoms with Crippen molar-refractivity contribution < 1.29 is 9.13 Å². The molecule has 0 aliphatic rings. The molecule has 2 aromatic heterocycles. The highest BCUT2D eigenvalue weighted by atomic mass is 35.5. The van der Waals surface area contributed by atoms with Gasteiger partial charge in [-0.25, -0.2) is 19.3 Å². The molecular weight excluding hydrogens is 381 g/mol. The second-order valence-corrected chi connectivity index (χ2v) is 6.26. The highest BCUT2D eigenvalue weighted by Crippen LogP contribution is 2.30. The van der Waals surface area contributed by atoms with E-state index in [0.29, 0.717) is 40.9 Å². The maximum atomic E-state index is 13.5. The fourth-order valence-corrected chi connectivity index (χ4v) is 2.88. The molecule has 0 aliphatic heterocycles. The van der Waals surface area contributed by atoms with Gasteiger partial charge in [-0.1, -0.05) is 11.6 Å². The Morgan fingerprint density at radius 2 is 2.00 bits per heavy atom. The van der Waals surface area contributed by atoms with Crippen LogP contribution in [-0.4, -0.2) is 26.5 Å². The van der Waals surface area contributed by atoms with Crippen LogP contribution < -0.4 is 10.1 Å². The predicted octanol–water partition coefficient (Wildman–Crippen LogP) is 5.02. The van der Waals surface area contributed by atoms with E-state index in [2.05, 4.69) is 25.3 Å². The number of anilines is 2. The van der Waals surface area contributed by atoms with Crippen molar-refractivity contribution in [3.8, 4) is 17.3 Å². The van der Waals surface area contributed by atoms with Crippen LogP contribution in [0.25, 0.3) is 22.4 Å². The Morgan fingerprint density at radius 1 is 1.11 bits per heavy atom. The third-order valence-electron chi connectivity index (χ3n) is 3.95. The number of aromatic nitrogens is 4. The lowest BCUT2D eigenvalue weighted by Gasteiger charge is -2.12. The number of nitrogens with zero attached hydrogens (tertiary/aromatic N) is 4. The summed E-state index contributed by atoms with van der Waals surface area (Å²) in [6, 6.07) is 9.93. The molecule has 4 aromatic rings. The van der Waals surface area contributed by atoms with Crippen LogP contribution in [0.3, 0.4) is 0 Å². The van der Waals surface area contributed by atoms with E-state index >= 15 is 0 Å². The van der Waals surface area contributed by atoms with Gasteiger partial charge in [0.25, 0.3) is 0 Å². The van der Waals surface area contributed by atoms with E-state index in [4.69, 9.17) is 16.3 Å². The maximum absolute atomic E-state index is 13.5. The zero-order valence-electron chi connectivity index (χ0n) is 14.9. The van der Waals surface area contributed by atoms with Gasteiger partial charge < -0.3 is 10.1 Å². The normalized spacial score (nSPS) is 10.8. The molecule has 0 saturated carbocycles. The molecule has 0 saturated heterocycles. The number of hydrogen-bond acceptors (Lipinski definition) is 6. The standard InChI is InChI=1S/C20H15ClFN5O/c1-2-28-13-4-6-17-14(10-13)19(25-12-3-5-16(22)15(21)9-12)27-20(26-17)18-11-23-7-8-24-18/h3-11H,2H2,1H3,(H,25,26,27). The first-order valence-corrected chi connectivity index (χ1v) is 8.95. The molecule has 28 heavy (non-hydrogen) atoms. The van der Waals surface area contributed by atoms with Gasteiger partial charge in [0.1, 0.15) is 23.1 Å². The Kier molecular flexibility index (Phi) is 4.99. The molecule has 0 radical (unpaired) electrons. The van der Waals surface area contributed by atoms with Gasteiger partial charge in [-0.3, -0.25) is 4.98 Å². The Morgan fingerprint density at radius 3 is 2.75 bits per heavy atom. The maximum Gasteiger partial charge on any atom is 0.182 e. The van der Waals surface area contributed by atoms with Gasteiger partial charge in [0.15, 0.2) is 5.82 Å². The summed E-state index contributed by atoms with van der Waals surface area (Å²) in [5.74, 6) is 1.15. The van der Waals surface area contributed by atoms with Crippen LogP contribution in [-0.2, 0) is 0 Å². The van der Waals surface area contributed by atoms with E-state index < -0.39 is 5.82 Å². The van der Waals surface area contributed by atoms with Crippen LogP contribution in [0.1, 0.15) is 6.92 Å². The molecule has 0 atom stereocenters. The summed E-state index contributed by atoms with van der Waals surface area (Å²) < 4.78 is 19.1. The fraction of sp³-hybridized carbons (Fsp3) is 0.100. The van der Waals surface area contributed by atoms with Crippen LogP contribution in [0, 0.1) is 5.82 Å². The molecule has 0 unspecified atom stereocenters. The van der Waals surface area contributed by atoms with E-state index in [-0.39, 0.29) is 5.02 Å². The van der Waals surface area contributed by atoms with Crippen LogP contribution in [0.2, 0.25) is 5.02 Å². The summed E-state index contributed by atoms with van der Waals surface area (Å²) in [7, 11) is 0. The van der Waals surface area contributed by atoms with Crippen molar-refractivity contribution in [3.63, 3.8) is 0 Å². The second-order valence-electron chi connectivity index (χ2n) is 5.85. The highest BCUT2D eigenvalue weighted by molar-refractivity contribution is 6.31. The molecule has 1 N–H and O–H groups in total. The minimum Gasteiger partial charge on any atom is -0.494 e. The molecule has 0 aliphatic carbocycles. The van der Waals surface area contributed by atoms with Gasteiger partial charge in [0.05, 0.1) is 23.3 Å². The largest absolute Gasteiger partial charge is 0.494 e. The molecule has 0 spiro atoms. The van der Waals surface area contributed by atoms with Crippen molar-refractivity contribution in [1.82, 2.24) is 19.9 Å². The molecule has 0 fully saturated rings. The number of rotatable bonds is 5. The lowest BCUT2D eigenvalue weighted by Crippen LogP contribution is -2.01. The van der Waals surface area contributed by atoms with Crippen molar-refractivity contribution in [2.75, 3.05) is 11.9 Å². The van der Waals surface area contributed by atoms with Gasteiger partial charge in [-0.15, -0.1) is 0 Å². The molecule has 6 nitrogen and oxygen atoms in total. The topological polar surface area (TPSA) is 72.8 Å². The summed E-state index contributed by atoms with van der Waals surface area (Å²) in [5, 5.41) is 3.96. The quantitative estimate of drug-likeness (QED) is 0.511. The molecule has 2 aromatic carbocycles. The molecule has 0 bridgehead atoms. The van der Waals surface area contributed by atoms with Crippen LogP contribution in [0.4, 0.5) is 15.9 Å². The Hall–Kier alpha value is -3.32. The van der Waals surface area contributed by atoms with Crippen molar-refractivity contribution in [2.45, 2.75) is 6.92 Å². The second kappa shape index (κ2) is 7.74. The molecule has 2 heterocycles. The Bertz CT molecular complexity index is 1140. The third kappa shape index (κ3) is 3.70. The third-order valence-corrected chi connectivity index (χ3v) is 4.24. The number of halogens is 2. The van der Waals surface area contributed by atoms with E-state index in [1.165, 1.54) is 12.1 Å². The molecule has 4 rings (SSSR count). The first-order chi connectivity index (χ1) is 13.6. The molecule has 0 amide bonds. The predicted molar refractivity (Wildman–Crippen MR) is 106 cm³/mol. The van der Waals surface area contributed by atoms with Gasteiger partial charge in [-0.05, 0) is 43.3 Å². The number of ether oxygens (including phenoxy) is 1. The number of nitrogens with one attached hydrogen (secondary N) is 1. The molecular formula is C20H15ClFN5O. The molecule has 8 heteroatoms. The van der Waals surface area contributed by atoms with Crippen LogP contribution in [0.15, 0.2) is 55.0 Å². The monoisotopic (exact) mass is 395 g/mol. The van der Waals surface area contributed by atoms with E-state index in [1.54, 1.807) is 24.7 Å². The summed E-state index contributed by atoms with van der Waals surface area (Å²) in [4.78, 5) is 17.5. The average Bonchev–Trinajstić information content (AvgIpc) is 2.72. The number of fused-ring (bicyclic) bond motifs is 1. The first kappa shape index (κ1) is 18.1. The minimum absolute atomic E-state index is 0.0208. The van der Waals surface area contributed by atoms with Gasteiger partial charge in [0.2, 0.25) is 0 Å². The SMILES string of the molecule is CCOc1ccc2nc(-c3cnccn3)nc(Nc3ccc(F)c(Cl)c3)c2c1. The van der Waals surface area contributed by atoms with E-state index in [9.17, 15) is 4.39 Å². The average molecular weight is 396 g/mol. The highest BCUT2D eigenvalue weighted by Gasteiger charge is 2.13. The Balaban J connectivity index is 1.86. The van der Waals surface area contributed by atoms with Crippen molar-refractivity contribution in [3.05, 3.63) is 65.8 Å². The zero-order chi connectivity index (χ0) is 19.5. The summed E-state index contributed by atoms with van der Waals surface area (Å²) in [6.45, 7) is 2.46. The van der Waals surface area contributed by atoms with Crippen LogP contribution >= 0.6 is 11.6 Å². The van der Waals surface area contributed by atoms with Crippen molar-refractivity contribution >= 4 is 34.0 Å². The smallest absolute Gasteiger partial charge is 0.182 e. The fourth-order valence-electron chi connectivity index (χ4n) is 2.70. The molecule has 140 valence electrons. The van der Waals surface area contributed by atoms with Gasteiger partial charge in [-0.2, -0.15) is 0 Å². The van der Waals surface area contributed by atoms with E-state index in [0.717, 1.165) is 5.39 Å². The van der Waals surface area contributed by atoms with Crippen molar-refractivity contribution in [1.29, 1.82) is 0 Å². The Labute approximate surface area is 165 Å². The zero-order valence-corrected chi connectivity index (χ0v) is 15.6. The van der Waals surface area contributed by atoms with Gasteiger partial charge in [0, 0.05) is 23.5 Å². The lowest BCUT2D eigenvalue weighted by molar-refractivity contribution is 0.340. The van der Waals surface area contributed by atoms with Crippen LogP contribution in [0.5, 0.6) is 5.75 Å².